The van der Waals surface area contributed by atoms with E-state index in [0.717, 1.165) is 0 Å². The predicted molar refractivity (Wildman–Crippen MR) is 83.6 cm³/mol. The van der Waals surface area contributed by atoms with Crippen molar-refractivity contribution in [3.8, 4) is 5.75 Å². The first-order chi connectivity index (χ1) is 11.0. The molecule has 1 heterocycles. The normalized spacial score (nSPS) is 11.0. The number of rotatable bonds is 5. The van der Waals surface area contributed by atoms with Gasteiger partial charge in [0.05, 0.1) is 17.7 Å². The van der Waals surface area contributed by atoms with Crippen molar-refractivity contribution < 1.29 is 14.5 Å². The summed E-state index contributed by atoms with van der Waals surface area (Å²) in [5, 5.41) is 15.0. The molecule has 8 heteroatoms. The van der Waals surface area contributed by atoms with E-state index in [2.05, 4.69) is 15.5 Å². The zero-order valence-corrected chi connectivity index (χ0v) is 12.5. The van der Waals surface area contributed by atoms with E-state index in [1.165, 1.54) is 31.6 Å². The number of benzene rings is 1. The van der Waals surface area contributed by atoms with Gasteiger partial charge in [0.2, 0.25) is 0 Å². The average Bonchev–Trinajstić information content (AvgIpc) is 2.59. The van der Waals surface area contributed by atoms with Crippen LogP contribution in [0.2, 0.25) is 0 Å². The summed E-state index contributed by atoms with van der Waals surface area (Å²) in [5.41, 5.74) is 3.58. The summed E-state index contributed by atoms with van der Waals surface area (Å²) in [6.07, 6.45) is 3.00. The molecule has 0 saturated carbocycles. The first-order valence-corrected chi connectivity index (χ1v) is 6.60. The maximum absolute atomic E-state index is 11.9. The third-order valence-corrected chi connectivity index (χ3v) is 3.06. The topological polar surface area (TPSA) is 107 Å². The highest BCUT2D eigenvalue weighted by atomic mass is 16.6. The summed E-state index contributed by atoms with van der Waals surface area (Å²) in [5.74, 6) is -0.234. The van der Waals surface area contributed by atoms with Gasteiger partial charge in [-0.3, -0.25) is 19.9 Å². The fraction of sp³-hybridized carbons (Fsp3) is 0.133. The van der Waals surface area contributed by atoms with Crippen LogP contribution in [-0.4, -0.2) is 28.6 Å². The van der Waals surface area contributed by atoms with Crippen LogP contribution in [0.1, 0.15) is 22.8 Å². The Morgan fingerprint density at radius 3 is 2.57 bits per heavy atom. The van der Waals surface area contributed by atoms with Crippen molar-refractivity contribution in [1.29, 1.82) is 0 Å². The van der Waals surface area contributed by atoms with E-state index in [0.29, 0.717) is 16.8 Å². The molecular weight excluding hydrogens is 300 g/mol. The molecule has 0 radical (unpaired) electrons. The van der Waals surface area contributed by atoms with E-state index in [1.807, 2.05) is 0 Å². The SMILES string of the molecule is COc1ccc(C(C)=NNC(=O)c2ccncc2)cc1[N+](=O)[O-]. The van der Waals surface area contributed by atoms with Gasteiger partial charge in [-0.15, -0.1) is 0 Å². The second-order valence-electron chi connectivity index (χ2n) is 4.52. The quantitative estimate of drug-likeness (QED) is 0.517. The molecule has 1 N–H and O–H groups in total. The summed E-state index contributed by atoms with van der Waals surface area (Å²) in [6, 6.07) is 7.56. The Balaban J connectivity index is 2.20. The fourth-order valence-corrected chi connectivity index (χ4v) is 1.82. The van der Waals surface area contributed by atoms with Crippen molar-refractivity contribution in [2.45, 2.75) is 6.92 Å². The van der Waals surface area contributed by atoms with Crippen LogP contribution in [0.3, 0.4) is 0 Å². The second-order valence-corrected chi connectivity index (χ2v) is 4.52. The van der Waals surface area contributed by atoms with E-state index < -0.39 is 10.8 Å². The first-order valence-electron chi connectivity index (χ1n) is 6.60. The van der Waals surface area contributed by atoms with Crippen LogP contribution in [-0.2, 0) is 0 Å². The summed E-state index contributed by atoms with van der Waals surface area (Å²) < 4.78 is 4.94. The number of aromatic nitrogens is 1. The van der Waals surface area contributed by atoms with Gasteiger partial charge < -0.3 is 4.74 Å². The monoisotopic (exact) mass is 314 g/mol. The highest BCUT2D eigenvalue weighted by molar-refractivity contribution is 6.01. The van der Waals surface area contributed by atoms with Gasteiger partial charge in [-0.25, -0.2) is 5.43 Å². The van der Waals surface area contributed by atoms with Crippen LogP contribution >= 0.6 is 0 Å². The maximum Gasteiger partial charge on any atom is 0.311 e. The lowest BCUT2D eigenvalue weighted by atomic mass is 10.1. The summed E-state index contributed by atoms with van der Waals surface area (Å²) >= 11 is 0. The Hall–Kier alpha value is -3.29. The largest absolute Gasteiger partial charge is 0.490 e. The van der Waals surface area contributed by atoms with Crippen LogP contribution in [0.5, 0.6) is 5.75 Å². The Labute approximate surface area is 132 Å². The maximum atomic E-state index is 11.9. The number of nitrogens with zero attached hydrogens (tertiary/aromatic N) is 3. The van der Waals surface area contributed by atoms with E-state index in [1.54, 1.807) is 25.1 Å². The molecule has 1 aromatic carbocycles. The van der Waals surface area contributed by atoms with Gasteiger partial charge in [0.1, 0.15) is 0 Å². The number of hydrazone groups is 1. The molecule has 0 spiro atoms. The lowest BCUT2D eigenvalue weighted by Gasteiger charge is -2.05. The minimum atomic E-state index is -0.537. The smallest absolute Gasteiger partial charge is 0.311 e. The molecule has 0 atom stereocenters. The summed E-state index contributed by atoms with van der Waals surface area (Å²) in [4.78, 5) is 26.2. The first kappa shape index (κ1) is 16.1. The van der Waals surface area contributed by atoms with Gasteiger partial charge in [-0.1, -0.05) is 0 Å². The number of ether oxygens (including phenoxy) is 1. The van der Waals surface area contributed by atoms with Crippen LogP contribution in [0.4, 0.5) is 5.69 Å². The minimum absolute atomic E-state index is 0.160. The second kappa shape index (κ2) is 7.12. The standard InChI is InChI=1S/C15H14N4O4/c1-10(17-18-15(20)11-5-7-16-8-6-11)12-3-4-14(23-2)13(9-12)19(21)22/h3-9H,1-2H3,(H,18,20). The van der Waals surface area contributed by atoms with Gasteiger partial charge in [0.15, 0.2) is 5.75 Å². The lowest BCUT2D eigenvalue weighted by molar-refractivity contribution is -0.385. The molecule has 0 fully saturated rings. The van der Waals surface area contributed by atoms with Gasteiger partial charge in [0.25, 0.3) is 5.91 Å². The van der Waals surface area contributed by atoms with Gasteiger partial charge >= 0.3 is 5.69 Å². The molecule has 0 saturated heterocycles. The number of pyridine rings is 1. The molecule has 0 unspecified atom stereocenters. The average molecular weight is 314 g/mol. The number of hydrogen-bond donors (Lipinski definition) is 1. The van der Waals surface area contributed by atoms with Crippen molar-refractivity contribution >= 4 is 17.3 Å². The predicted octanol–water partition coefficient (Wildman–Crippen LogP) is 2.15. The van der Waals surface area contributed by atoms with E-state index in [-0.39, 0.29) is 11.4 Å². The molecule has 0 aliphatic heterocycles. The van der Waals surface area contributed by atoms with Gasteiger partial charge in [-0.2, -0.15) is 5.10 Å². The molecule has 0 aliphatic rings. The minimum Gasteiger partial charge on any atom is -0.490 e. The number of methoxy groups -OCH3 is 1. The number of nitro groups is 1. The number of carbonyl (C=O) groups excluding carboxylic acids is 1. The van der Waals surface area contributed by atoms with E-state index in [4.69, 9.17) is 4.74 Å². The molecule has 118 valence electrons. The number of amides is 1. The Bertz CT molecular complexity index is 759. The Kier molecular flexibility index (Phi) is 4.98. The molecule has 0 aliphatic carbocycles. The van der Waals surface area contributed by atoms with Crippen molar-refractivity contribution in [3.63, 3.8) is 0 Å². The Morgan fingerprint density at radius 2 is 1.96 bits per heavy atom. The number of carbonyl (C=O) groups is 1. The van der Waals surface area contributed by atoms with Crippen LogP contribution in [0.15, 0.2) is 47.8 Å². The third kappa shape index (κ3) is 3.88. The van der Waals surface area contributed by atoms with E-state index >= 15 is 0 Å². The Morgan fingerprint density at radius 1 is 1.26 bits per heavy atom. The zero-order valence-electron chi connectivity index (χ0n) is 12.5. The highest BCUT2D eigenvalue weighted by Crippen LogP contribution is 2.27. The van der Waals surface area contributed by atoms with Crippen molar-refractivity contribution in [2.24, 2.45) is 5.10 Å². The third-order valence-electron chi connectivity index (χ3n) is 3.06. The van der Waals surface area contributed by atoms with E-state index in [9.17, 15) is 14.9 Å². The highest BCUT2D eigenvalue weighted by Gasteiger charge is 2.16. The molecule has 1 amide bonds. The molecule has 1 aromatic heterocycles. The number of nitro benzene ring substituents is 1. The molecular formula is C15H14N4O4. The number of hydrogen-bond acceptors (Lipinski definition) is 6. The summed E-state index contributed by atoms with van der Waals surface area (Å²) in [6.45, 7) is 1.64. The molecule has 2 aromatic rings. The van der Waals surface area contributed by atoms with Crippen molar-refractivity contribution in [3.05, 3.63) is 64.0 Å². The van der Waals surface area contributed by atoms with Crippen molar-refractivity contribution in [1.82, 2.24) is 10.4 Å². The number of nitrogens with one attached hydrogen (secondary N) is 1. The molecule has 8 nitrogen and oxygen atoms in total. The zero-order chi connectivity index (χ0) is 16.8. The van der Waals surface area contributed by atoms with Crippen LogP contribution in [0, 0.1) is 10.1 Å². The molecule has 23 heavy (non-hydrogen) atoms. The molecule has 0 bridgehead atoms. The lowest BCUT2D eigenvalue weighted by Crippen LogP contribution is -2.19. The van der Waals surface area contributed by atoms with Crippen LogP contribution in [0.25, 0.3) is 0 Å². The summed E-state index contributed by atoms with van der Waals surface area (Å²) in [7, 11) is 1.36. The van der Waals surface area contributed by atoms with Crippen LogP contribution < -0.4 is 10.2 Å². The van der Waals surface area contributed by atoms with Gasteiger partial charge in [0, 0.05) is 29.6 Å². The fourth-order valence-electron chi connectivity index (χ4n) is 1.82. The van der Waals surface area contributed by atoms with Crippen molar-refractivity contribution in [2.75, 3.05) is 7.11 Å². The van der Waals surface area contributed by atoms with Gasteiger partial charge in [-0.05, 0) is 31.2 Å². The molecule has 2 rings (SSSR count).